The van der Waals surface area contributed by atoms with E-state index in [4.69, 9.17) is 4.74 Å². The minimum absolute atomic E-state index is 0.143. The molecule has 2 heterocycles. The van der Waals surface area contributed by atoms with Crippen molar-refractivity contribution in [3.8, 4) is 0 Å². The molecular formula is C11H17N3O2. The Balaban J connectivity index is 2.19. The van der Waals surface area contributed by atoms with Gasteiger partial charge < -0.3 is 10.1 Å². The largest absolute Gasteiger partial charge is 0.373 e. The first kappa shape index (κ1) is 11.1. The average Bonchev–Trinajstić information content (AvgIpc) is 2.77. The smallest absolute Gasteiger partial charge is 0.351 e. The number of aromatic nitrogens is 2. The van der Waals surface area contributed by atoms with E-state index in [1.807, 2.05) is 0 Å². The van der Waals surface area contributed by atoms with Gasteiger partial charge in [0.1, 0.15) is 12.0 Å². The van der Waals surface area contributed by atoms with E-state index in [0.29, 0.717) is 5.82 Å². The summed E-state index contributed by atoms with van der Waals surface area (Å²) in [5, 5.41) is 2.84. The van der Waals surface area contributed by atoms with Gasteiger partial charge in [-0.15, -0.1) is 0 Å². The summed E-state index contributed by atoms with van der Waals surface area (Å²) in [6, 6.07) is 1.78. The average molecular weight is 223 g/mol. The van der Waals surface area contributed by atoms with Crippen LogP contribution in [0.1, 0.15) is 32.4 Å². The zero-order valence-electron chi connectivity index (χ0n) is 9.64. The number of hydrogen-bond donors (Lipinski definition) is 1. The zero-order valence-corrected chi connectivity index (χ0v) is 9.64. The van der Waals surface area contributed by atoms with Crippen molar-refractivity contribution in [3.05, 3.63) is 22.7 Å². The monoisotopic (exact) mass is 223 g/mol. The van der Waals surface area contributed by atoms with Crippen LogP contribution in [0.25, 0.3) is 0 Å². The van der Waals surface area contributed by atoms with Gasteiger partial charge >= 0.3 is 5.69 Å². The van der Waals surface area contributed by atoms with Crippen LogP contribution in [0.15, 0.2) is 17.1 Å². The van der Waals surface area contributed by atoms with Crippen molar-refractivity contribution >= 4 is 5.82 Å². The van der Waals surface area contributed by atoms with Crippen LogP contribution in [0.4, 0.5) is 5.82 Å². The molecule has 2 unspecified atom stereocenters. The van der Waals surface area contributed by atoms with Crippen molar-refractivity contribution in [2.24, 2.45) is 0 Å². The Labute approximate surface area is 94.5 Å². The molecule has 5 heteroatoms. The van der Waals surface area contributed by atoms with E-state index in [2.05, 4.69) is 17.2 Å². The first-order valence-electron chi connectivity index (χ1n) is 5.67. The summed E-state index contributed by atoms with van der Waals surface area (Å²) in [4.78, 5) is 15.6. The molecule has 1 aliphatic heterocycles. The lowest BCUT2D eigenvalue weighted by atomic mass is 10.2. The molecule has 5 nitrogen and oxygen atoms in total. The van der Waals surface area contributed by atoms with Crippen molar-refractivity contribution in [1.29, 1.82) is 0 Å². The second kappa shape index (κ2) is 4.65. The van der Waals surface area contributed by atoms with Crippen molar-refractivity contribution in [3.63, 3.8) is 0 Å². The molecule has 1 aliphatic rings. The number of hydrogen-bond acceptors (Lipinski definition) is 4. The lowest BCUT2D eigenvalue weighted by molar-refractivity contribution is -0.00188. The zero-order chi connectivity index (χ0) is 11.5. The molecule has 2 atom stereocenters. The summed E-state index contributed by atoms with van der Waals surface area (Å²) in [6.07, 6.45) is 4.77. The van der Waals surface area contributed by atoms with Crippen LogP contribution < -0.4 is 11.0 Å². The van der Waals surface area contributed by atoms with Gasteiger partial charge in [0.25, 0.3) is 0 Å². The van der Waals surface area contributed by atoms with Crippen molar-refractivity contribution in [2.45, 2.75) is 38.5 Å². The molecule has 88 valence electrons. The minimum Gasteiger partial charge on any atom is -0.373 e. The van der Waals surface area contributed by atoms with Gasteiger partial charge in [0.15, 0.2) is 0 Å². The summed E-state index contributed by atoms with van der Waals surface area (Å²) in [6.45, 7) is 2.10. The standard InChI is InChI=1S/C11H17N3O2/c1-3-8-4-5-10(16-8)14-7-6-9(12-2)13-11(14)15/h6-8,10H,3-5H2,1-2H3,(H,12,13,15). The van der Waals surface area contributed by atoms with E-state index in [9.17, 15) is 4.79 Å². The number of rotatable bonds is 3. The molecule has 0 aromatic carbocycles. The van der Waals surface area contributed by atoms with Crippen LogP contribution in [0, 0.1) is 0 Å². The first-order valence-corrected chi connectivity index (χ1v) is 5.67. The van der Waals surface area contributed by atoms with Gasteiger partial charge in [-0.3, -0.25) is 4.57 Å². The van der Waals surface area contributed by atoms with Crippen LogP contribution in [0.2, 0.25) is 0 Å². The third kappa shape index (κ3) is 2.09. The molecule has 0 spiro atoms. The normalized spacial score (nSPS) is 24.6. The maximum absolute atomic E-state index is 11.7. The van der Waals surface area contributed by atoms with E-state index in [0.717, 1.165) is 19.3 Å². The fourth-order valence-electron chi connectivity index (χ4n) is 1.96. The summed E-state index contributed by atoms with van der Waals surface area (Å²) < 4.78 is 7.32. The van der Waals surface area contributed by atoms with Crippen LogP contribution in [-0.2, 0) is 4.74 Å². The third-order valence-electron chi connectivity index (χ3n) is 2.94. The molecule has 1 fully saturated rings. The lowest BCUT2D eigenvalue weighted by Gasteiger charge is -2.14. The van der Waals surface area contributed by atoms with Gasteiger partial charge in [0.2, 0.25) is 0 Å². The molecule has 16 heavy (non-hydrogen) atoms. The van der Waals surface area contributed by atoms with Crippen molar-refractivity contribution in [2.75, 3.05) is 12.4 Å². The van der Waals surface area contributed by atoms with Gasteiger partial charge in [-0.05, 0) is 25.3 Å². The first-order chi connectivity index (χ1) is 7.74. The molecule has 0 radical (unpaired) electrons. The highest BCUT2D eigenvalue weighted by atomic mass is 16.5. The van der Waals surface area contributed by atoms with Gasteiger partial charge in [0.05, 0.1) is 6.10 Å². The molecule has 1 aromatic rings. The van der Waals surface area contributed by atoms with Crippen LogP contribution in [0.3, 0.4) is 0 Å². The molecule has 0 amide bonds. The summed E-state index contributed by atoms with van der Waals surface area (Å²) >= 11 is 0. The second-order valence-corrected chi connectivity index (χ2v) is 3.95. The Morgan fingerprint density at radius 2 is 2.44 bits per heavy atom. The number of nitrogens with one attached hydrogen (secondary N) is 1. The molecule has 0 bridgehead atoms. The van der Waals surface area contributed by atoms with Gasteiger partial charge in [-0.2, -0.15) is 4.98 Å². The lowest BCUT2D eigenvalue weighted by Crippen LogP contribution is -2.27. The summed E-state index contributed by atoms with van der Waals surface area (Å²) in [5.41, 5.74) is -0.256. The highest BCUT2D eigenvalue weighted by molar-refractivity contribution is 5.30. The van der Waals surface area contributed by atoms with Crippen molar-refractivity contribution < 1.29 is 4.74 Å². The minimum atomic E-state index is -0.256. The second-order valence-electron chi connectivity index (χ2n) is 3.95. The van der Waals surface area contributed by atoms with Gasteiger partial charge in [-0.1, -0.05) is 6.92 Å². The Bertz CT molecular complexity index is 416. The molecule has 1 N–H and O–H groups in total. The van der Waals surface area contributed by atoms with Crippen LogP contribution in [0.5, 0.6) is 0 Å². The maximum atomic E-state index is 11.7. The van der Waals surface area contributed by atoms with Gasteiger partial charge in [0, 0.05) is 13.2 Å². The molecule has 0 saturated carbocycles. The predicted octanol–water partition coefficient (Wildman–Crippen LogP) is 1.37. The quantitative estimate of drug-likeness (QED) is 0.841. The summed E-state index contributed by atoms with van der Waals surface area (Å²) in [7, 11) is 1.74. The Morgan fingerprint density at radius 1 is 1.62 bits per heavy atom. The highest BCUT2D eigenvalue weighted by Crippen LogP contribution is 2.28. The fraction of sp³-hybridized carbons (Fsp3) is 0.636. The van der Waals surface area contributed by atoms with Crippen LogP contribution in [-0.4, -0.2) is 22.7 Å². The van der Waals surface area contributed by atoms with Crippen LogP contribution >= 0.6 is 0 Å². The maximum Gasteiger partial charge on any atom is 0.351 e. The Morgan fingerprint density at radius 3 is 3.00 bits per heavy atom. The molecule has 0 aliphatic carbocycles. The van der Waals surface area contributed by atoms with E-state index in [1.165, 1.54) is 0 Å². The molecule has 1 saturated heterocycles. The predicted molar refractivity (Wildman–Crippen MR) is 61.5 cm³/mol. The molecular weight excluding hydrogens is 206 g/mol. The Hall–Kier alpha value is -1.36. The third-order valence-corrected chi connectivity index (χ3v) is 2.94. The molecule has 2 rings (SSSR count). The van der Waals surface area contributed by atoms with E-state index in [1.54, 1.807) is 23.9 Å². The Kier molecular flexibility index (Phi) is 3.24. The van der Waals surface area contributed by atoms with Crippen molar-refractivity contribution in [1.82, 2.24) is 9.55 Å². The number of anilines is 1. The SMILES string of the molecule is CCC1CCC(n2ccc(NC)nc2=O)O1. The van der Waals surface area contributed by atoms with E-state index < -0.39 is 0 Å². The molecule has 1 aromatic heterocycles. The number of nitrogens with zero attached hydrogens (tertiary/aromatic N) is 2. The van der Waals surface area contributed by atoms with E-state index >= 15 is 0 Å². The summed E-state index contributed by atoms with van der Waals surface area (Å²) in [5.74, 6) is 0.589. The van der Waals surface area contributed by atoms with E-state index in [-0.39, 0.29) is 18.0 Å². The fourth-order valence-corrected chi connectivity index (χ4v) is 1.96. The van der Waals surface area contributed by atoms with Gasteiger partial charge in [-0.25, -0.2) is 4.79 Å². The highest BCUT2D eigenvalue weighted by Gasteiger charge is 2.25. The number of ether oxygens (including phenoxy) is 1. The topological polar surface area (TPSA) is 56.2 Å².